The van der Waals surface area contributed by atoms with Gasteiger partial charge in [-0.05, 0) is 55.0 Å². The number of hydrogen-bond donors (Lipinski definition) is 0. The molecule has 0 heterocycles. The van der Waals surface area contributed by atoms with Gasteiger partial charge in [0.2, 0.25) is 0 Å². The van der Waals surface area contributed by atoms with Crippen molar-refractivity contribution >= 4 is 5.97 Å². The molecule has 2 aromatic carbocycles. The summed E-state index contributed by atoms with van der Waals surface area (Å²) in [6, 6.07) is 17.2. The Balaban J connectivity index is 1.74. The highest BCUT2D eigenvalue weighted by atomic mass is 16.7. The molecule has 0 bridgehead atoms. The minimum atomic E-state index is -0.419. The maximum Gasteiger partial charge on any atom is 0.338 e. The minimum absolute atomic E-state index is 0.188. The van der Waals surface area contributed by atoms with Gasteiger partial charge in [0.25, 0.3) is 0 Å². The summed E-state index contributed by atoms with van der Waals surface area (Å²) in [5.41, 5.74) is 1.89. The highest BCUT2D eigenvalue weighted by molar-refractivity contribution is 5.89. The molecule has 0 radical (unpaired) electrons. The third-order valence-electron chi connectivity index (χ3n) is 4.69. The van der Waals surface area contributed by atoms with Gasteiger partial charge < -0.3 is 14.2 Å². The van der Waals surface area contributed by atoms with E-state index in [0.717, 1.165) is 5.75 Å². The highest BCUT2D eigenvalue weighted by Crippen LogP contribution is 2.30. The van der Waals surface area contributed by atoms with Crippen LogP contribution in [0.4, 0.5) is 0 Å². The zero-order chi connectivity index (χ0) is 20.4. The van der Waals surface area contributed by atoms with Crippen molar-refractivity contribution in [3.8, 4) is 5.75 Å². The lowest BCUT2D eigenvalue weighted by molar-refractivity contribution is -0.0783. The molecule has 0 saturated carbocycles. The van der Waals surface area contributed by atoms with Crippen LogP contribution in [0, 0.1) is 5.92 Å². The summed E-state index contributed by atoms with van der Waals surface area (Å²) in [4.78, 5) is 11.9. The van der Waals surface area contributed by atoms with Crippen LogP contribution >= 0.6 is 0 Å². The fourth-order valence-corrected chi connectivity index (χ4v) is 3.22. The van der Waals surface area contributed by atoms with Crippen molar-refractivity contribution in [1.82, 2.24) is 0 Å². The summed E-state index contributed by atoms with van der Waals surface area (Å²) < 4.78 is 16.6. The van der Waals surface area contributed by atoms with Crippen molar-refractivity contribution in [2.24, 2.45) is 5.92 Å². The summed E-state index contributed by atoms with van der Waals surface area (Å²) in [7, 11) is 0. The summed E-state index contributed by atoms with van der Waals surface area (Å²) in [6.45, 7) is 9.07. The molecule has 0 aliphatic rings. The van der Waals surface area contributed by atoms with E-state index in [9.17, 15) is 4.79 Å². The van der Waals surface area contributed by atoms with E-state index in [1.54, 1.807) is 24.3 Å². The van der Waals surface area contributed by atoms with Gasteiger partial charge >= 0.3 is 5.97 Å². The first-order valence-electron chi connectivity index (χ1n) is 10.1. The molecule has 2 rings (SSSR count). The van der Waals surface area contributed by atoms with Gasteiger partial charge in [-0.1, -0.05) is 57.5 Å². The van der Waals surface area contributed by atoms with E-state index >= 15 is 0 Å². The van der Waals surface area contributed by atoms with Gasteiger partial charge in [-0.25, -0.2) is 4.79 Å². The number of hydrogen-bond acceptors (Lipinski definition) is 4. The summed E-state index contributed by atoms with van der Waals surface area (Å²) in [5, 5.41) is 0. The van der Waals surface area contributed by atoms with Gasteiger partial charge in [0.15, 0.2) is 6.29 Å². The van der Waals surface area contributed by atoms with Crippen LogP contribution in [0.5, 0.6) is 5.75 Å². The quantitative estimate of drug-likeness (QED) is 0.278. The molecule has 4 heteroatoms. The molecule has 2 aromatic rings. The van der Waals surface area contributed by atoms with Gasteiger partial charge in [0.05, 0.1) is 12.2 Å². The Morgan fingerprint density at radius 2 is 1.61 bits per heavy atom. The van der Waals surface area contributed by atoms with E-state index in [4.69, 9.17) is 14.2 Å². The lowest BCUT2D eigenvalue weighted by Gasteiger charge is -2.21. The van der Waals surface area contributed by atoms with Crippen LogP contribution in [0.3, 0.4) is 0 Å². The second kappa shape index (κ2) is 11.5. The van der Waals surface area contributed by atoms with E-state index in [-0.39, 0.29) is 19.2 Å². The zero-order valence-electron chi connectivity index (χ0n) is 17.4. The lowest BCUT2D eigenvalue weighted by atomic mass is 9.85. The van der Waals surface area contributed by atoms with Crippen molar-refractivity contribution in [2.45, 2.75) is 52.7 Å². The van der Waals surface area contributed by atoms with Gasteiger partial charge in [0, 0.05) is 0 Å². The van der Waals surface area contributed by atoms with E-state index in [2.05, 4.69) is 32.9 Å². The Morgan fingerprint density at radius 1 is 0.929 bits per heavy atom. The van der Waals surface area contributed by atoms with Crippen LogP contribution in [0.15, 0.2) is 54.6 Å². The molecule has 2 atom stereocenters. The first-order valence-corrected chi connectivity index (χ1v) is 10.1. The number of carbonyl (C=O) groups excluding carboxylic acids is 1. The molecule has 0 amide bonds. The van der Waals surface area contributed by atoms with Crippen LogP contribution < -0.4 is 4.74 Å². The van der Waals surface area contributed by atoms with Crippen LogP contribution in [-0.4, -0.2) is 25.5 Å². The van der Waals surface area contributed by atoms with Crippen LogP contribution in [0.25, 0.3) is 0 Å². The normalized spacial score (nSPS) is 13.2. The van der Waals surface area contributed by atoms with Crippen molar-refractivity contribution < 1.29 is 19.0 Å². The smallest absolute Gasteiger partial charge is 0.338 e. The lowest BCUT2D eigenvalue weighted by Crippen LogP contribution is -2.20. The third-order valence-corrected chi connectivity index (χ3v) is 4.69. The molecule has 0 aromatic heterocycles. The maximum absolute atomic E-state index is 11.9. The van der Waals surface area contributed by atoms with E-state index in [1.807, 2.05) is 25.1 Å². The molecule has 0 aliphatic carbocycles. The number of benzene rings is 2. The van der Waals surface area contributed by atoms with Gasteiger partial charge in [-0.2, -0.15) is 0 Å². The highest BCUT2D eigenvalue weighted by Gasteiger charge is 2.15. The third kappa shape index (κ3) is 7.01. The van der Waals surface area contributed by atoms with E-state index in [0.29, 0.717) is 17.4 Å². The summed E-state index contributed by atoms with van der Waals surface area (Å²) >= 11 is 0. The Morgan fingerprint density at radius 3 is 2.21 bits per heavy atom. The van der Waals surface area contributed by atoms with E-state index in [1.165, 1.54) is 18.4 Å². The standard InChI is InChI=1S/C24H32O4/c1-5-9-23(18(2)3)20-12-14-22(15-13-20)28-19(4)26-16-17-27-24(25)21-10-7-6-8-11-21/h6-8,10-15,18-19,23H,5,9,16-17H2,1-4H3. The van der Waals surface area contributed by atoms with Crippen LogP contribution in [0.1, 0.15) is 62.4 Å². The SMILES string of the molecule is CCCC(c1ccc(OC(C)OCCOC(=O)c2ccccc2)cc1)C(C)C. The predicted octanol–water partition coefficient (Wildman–Crippen LogP) is 5.82. The largest absolute Gasteiger partial charge is 0.465 e. The number of esters is 1. The first-order chi connectivity index (χ1) is 13.5. The molecule has 0 saturated heterocycles. The molecule has 0 fully saturated rings. The number of carbonyl (C=O) groups is 1. The summed E-state index contributed by atoms with van der Waals surface area (Å²) in [6.07, 6.45) is 1.96. The van der Waals surface area contributed by atoms with Crippen molar-refractivity contribution in [3.05, 3.63) is 65.7 Å². The topological polar surface area (TPSA) is 44.8 Å². The molecule has 4 nitrogen and oxygen atoms in total. The van der Waals surface area contributed by atoms with Gasteiger partial charge in [0.1, 0.15) is 12.4 Å². The summed E-state index contributed by atoms with van der Waals surface area (Å²) in [5.74, 6) is 1.62. The predicted molar refractivity (Wildman–Crippen MR) is 112 cm³/mol. The molecule has 0 aliphatic heterocycles. The number of ether oxygens (including phenoxy) is 3. The molecular weight excluding hydrogens is 352 g/mol. The average Bonchev–Trinajstić information content (AvgIpc) is 2.70. The average molecular weight is 385 g/mol. The molecule has 152 valence electrons. The fraction of sp³-hybridized carbons (Fsp3) is 0.458. The Kier molecular flexibility index (Phi) is 9.02. The Hall–Kier alpha value is -2.33. The molecule has 0 spiro atoms. The van der Waals surface area contributed by atoms with Gasteiger partial charge in [-0.15, -0.1) is 0 Å². The Bertz CT molecular complexity index is 694. The Labute approximate surface area is 168 Å². The van der Waals surface area contributed by atoms with Crippen molar-refractivity contribution in [3.63, 3.8) is 0 Å². The van der Waals surface area contributed by atoms with Crippen molar-refractivity contribution in [1.29, 1.82) is 0 Å². The first kappa shape index (κ1) is 22.0. The fourth-order valence-electron chi connectivity index (χ4n) is 3.22. The van der Waals surface area contributed by atoms with Crippen LogP contribution in [0.2, 0.25) is 0 Å². The molecular formula is C24H32O4. The van der Waals surface area contributed by atoms with E-state index < -0.39 is 6.29 Å². The molecule has 28 heavy (non-hydrogen) atoms. The monoisotopic (exact) mass is 384 g/mol. The van der Waals surface area contributed by atoms with Gasteiger partial charge in [-0.3, -0.25) is 0 Å². The van der Waals surface area contributed by atoms with Crippen molar-refractivity contribution in [2.75, 3.05) is 13.2 Å². The van der Waals surface area contributed by atoms with Crippen LogP contribution in [-0.2, 0) is 9.47 Å². The number of rotatable bonds is 11. The second-order valence-electron chi connectivity index (χ2n) is 7.27. The molecule has 0 N–H and O–H groups in total. The maximum atomic E-state index is 11.9. The minimum Gasteiger partial charge on any atom is -0.465 e. The second-order valence-corrected chi connectivity index (χ2v) is 7.27. The molecule has 2 unspecified atom stereocenters. The zero-order valence-corrected chi connectivity index (χ0v) is 17.4.